The summed E-state index contributed by atoms with van der Waals surface area (Å²) in [5, 5.41) is 13.4. The summed E-state index contributed by atoms with van der Waals surface area (Å²) in [7, 11) is 3.23. The molecule has 1 aliphatic rings. The van der Waals surface area contributed by atoms with Gasteiger partial charge in [-0.1, -0.05) is 28.9 Å². The van der Waals surface area contributed by atoms with Gasteiger partial charge in [0.15, 0.2) is 11.6 Å². The highest BCUT2D eigenvalue weighted by atomic mass is 35.5. The number of nitrogens with one attached hydrogen (secondary N) is 1. The molecule has 3 aromatic rings. The van der Waals surface area contributed by atoms with Gasteiger partial charge in [-0.3, -0.25) is 0 Å². The zero-order valence-corrected chi connectivity index (χ0v) is 17.7. The highest BCUT2D eigenvalue weighted by molar-refractivity contribution is 7.13. The van der Waals surface area contributed by atoms with Crippen LogP contribution in [0, 0.1) is 11.8 Å². The van der Waals surface area contributed by atoms with Gasteiger partial charge >= 0.3 is 0 Å². The third-order valence-corrected chi connectivity index (χ3v) is 5.52. The Morgan fingerprint density at radius 3 is 2.97 bits per heavy atom. The largest absolute Gasteiger partial charge is 0.473 e. The molecule has 1 aliphatic heterocycles. The van der Waals surface area contributed by atoms with E-state index < -0.39 is 0 Å². The van der Waals surface area contributed by atoms with Gasteiger partial charge in [-0.15, -0.1) is 10.2 Å². The lowest BCUT2D eigenvalue weighted by Gasteiger charge is -2.12. The van der Waals surface area contributed by atoms with E-state index in [0.29, 0.717) is 23.4 Å². The molecule has 4 rings (SSSR count). The summed E-state index contributed by atoms with van der Waals surface area (Å²) >= 11 is 7.64. The minimum atomic E-state index is 0.363. The predicted molar refractivity (Wildman–Crippen MR) is 113 cm³/mol. The Kier molecular flexibility index (Phi) is 5.53. The van der Waals surface area contributed by atoms with Crippen LogP contribution in [0.4, 0.5) is 5.69 Å². The van der Waals surface area contributed by atoms with Gasteiger partial charge < -0.3 is 19.4 Å². The summed E-state index contributed by atoms with van der Waals surface area (Å²) in [6, 6.07) is 5.67. The number of ether oxygens (including phenoxy) is 2. The Labute approximate surface area is 177 Å². The number of methoxy groups -OCH3 is 2. The molecule has 148 valence electrons. The maximum Gasteiger partial charge on any atom is 0.274 e. The Balaban J connectivity index is 1.78. The van der Waals surface area contributed by atoms with E-state index in [4.69, 9.17) is 21.1 Å². The summed E-state index contributed by atoms with van der Waals surface area (Å²) in [4.78, 5) is 4.99. The maximum absolute atomic E-state index is 6.24. The molecule has 9 heteroatoms. The van der Waals surface area contributed by atoms with Crippen LogP contribution in [-0.4, -0.2) is 34.0 Å². The maximum atomic E-state index is 6.24. The second-order valence-corrected chi connectivity index (χ2v) is 7.75. The predicted octanol–water partition coefficient (Wildman–Crippen LogP) is 3.96. The molecule has 0 spiro atoms. The number of nitrogens with zero attached hydrogens (tertiary/aromatic N) is 4. The van der Waals surface area contributed by atoms with Gasteiger partial charge in [-0.25, -0.2) is 4.98 Å². The number of benzene rings is 1. The summed E-state index contributed by atoms with van der Waals surface area (Å²) in [5.41, 5.74) is 3.65. The van der Waals surface area contributed by atoms with Crippen molar-refractivity contribution in [1.29, 1.82) is 0 Å². The molecule has 0 amide bonds. The number of rotatable bonds is 3. The van der Waals surface area contributed by atoms with E-state index in [2.05, 4.69) is 32.3 Å². The van der Waals surface area contributed by atoms with Gasteiger partial charge in [0.05, 0.1) is 19.9 Å². The van der Waals surface area contributed by atoms with Crippen molar-refractivity contribution >= 4 is 28.6 Å². The topological polar surface area (TPSA) is 74.1 Å². The second kappa shape index (κ2) is 8.25. The van der Waals surface area contributed by atoms with Crippen LogP contribution < -0.4 is 10.1 Å². The van der Waals surface area contributed by atoms with Crippen LogP contribution >= 0.6 is 22.9 Å². The van der Waals surface area contributed by atoms with E-state index in [9.17, 15) is 0 Å². The minimum absolute atomic E-state index is 0.363. The van der Waals surface area contributed by atoms with E-state index in [1.165, 1.54) is 11.3 Å². The molecular formula is C20H18ClN5O2S. The van der Waals surface area contributed by atoms with E-state index in [0.717, 1.165) is 39.0 Å². The molecule has 0 saturated carbocycles. The monoisotopic (exact) mass is 427 g/mol. The molecule has 3 heterocycles. The number of fused-ring (bicyclic) bond motifs is 3. The normalized spacial score (nSPS) is 14.1. The molecule has 1 aromatic carbocycles. The Bertz CT molecular complexity index is 1160. The Morgan fingerprint density at radius 2 is 2.21 bits per heavy atom. The average molecular weight is 428 g/mol. The van der Waals surface area contributed by atoms with E-state index in [1.807, 2.05) is 29.7 Å². The summed E-state index contributed by atoms with van der Waals surface area (Å²) in [6.45, 7) is 2.88. The van der Waals surface area contributed by atoms with Gasteiger partial charge in [0.25, 0.3) is 5.19 Å². The first-order valence-corrected chi connectivity index (χ1v) is 9.98. The molecule has 0 fully saturated rings. The zero-order valence-electron chi connectivity index (χ0n) is 16.1. The third kappa shape index (κ3) is 3.98. The Hall–Kier alpha value is -2.86. The minimum Gasteiger partial charge on any atom is -0.473 e. The van der Waals surface area contributed by atoms with Crippen molar-refractivity contribution in [2.24, 2.45) is 0 Å². The molecule has 0 radical (unpaired) electrons. The van der Waals surface area contributed by atoms with E-state index >= 15 is 0 Å². The molecule has 0 aliphatic carbocycles. The van der Waals surface area contributed by atoms with Crippen LogP contribution in [0.15, 0.2) is 35.7 Å². The van der Waals surface area contributed by atoms with Crippen molar-refractivity contribution in [3.8, 4) is 28.4 Å². The molecule has 0 unspecified atom stereocenters. The highest BCUT2D eigenvalue weighted by Gasteiger charge is 2.22. The number of hydrogen-bond donors (Lipinski definition) is 1. The van der Waals surface area contributed by atoms with Crippen LogP contribution in [0.1, 0.15) is 17.6 Å². The zero-order chi connectivity index (χ0) is 20.4. The lowest BCUT2D eigenvalue weighted by atomic mass is 10.1. The number of hydrogen-bond acceptors (Lipinski definition) is 7. The van der Waals surface area contributed by atoms with Gasteiger partial charge in [0.2, 0.25) is 0 Å². The number of halogens is 1. The van der Waals surface area contributed by atoms with E-state index in [1.54, 1.807) is 20.4 Å². The first kappa shape index (κ1) is 19.5. The number of anilines is 1. The lowest BCUT2D eigenvalue weighted by molar-refractivity contribution is 0.174. The lowest BCUT2D eigenvalue weighted by Crippen LogP contribution is -2.11. The van der Waals surface area contributed by atoms with E-state index in [-0.39, 0.29) is 0 Å². The van der Waals surface area contributed by atoms with Gasteiger partial charge in [-0.05, 0) is 31.0 Å². The fourth-order valence-corrected chi connectivity index (χ4v) is 3.72. The van der Waals surface area contributed by atoms with Gasteiger partial charge in [-0.2, -0.15) is 0 Å². The summed E-state index contributed by atoms with van der Waals surface area (Å²) in [6.07, 6.45) is 1.71. The van der Waals surface area contributed by atoms with Crippen molar-refractivity contribution in [2.75, 3.05) is 19.5 Å². The number of allylic oxidation sites excluding steroid dienone is 2. The van der Waals surface area contributed by atoms with Crippen LogP contribution in [0.5, 0.6) is 5.19 Å². The molecule has 0 saturated heterocycles. The molecule has 0 atom stereocenters. The first-order chi connectivity index (χ1) is 14.1. The first-order valence-electron chi connectivity index (χ1n) is 8.78. The van der Waals surface area contributed by atoms with Gasteiger partial charge in [0, 0.05) is 34.7 Å². The molecular weight excluding hydrogens is 410 g/mol. The molecule has 1 N–H and O–H groups in total. The standard InChI is InChI=1S/C20H18ClN5O2S/c1-12(4-6-14-9-22-20(28-3)29-14)17-10-26-18(11-27-2)24-25-19(26)15-8-13(21)5-7-16(15)23-17/h5,7-9,23H,10-11H2,1-3H3/b17-12+. The molecule has 7 nitrogen and oxygen atoms in total. The van der Waals surface area contributed by atoms with Crippen LogP contribution in [0.2, 0.25) is 5.02 Å². The third-order valence-electron chi connectivity index (χ3n) is 4.41. The van der Waals surface area contributed by atoms with Crippen molar-refractivity contribution in [2.45, 2.75) is 20.1 Å². The second-order valence-electron chi connectivity index (χ2n) is 6.32. The average Bonchev–Trinajstić information content (AvgIpc) is 3.30. The summed E-state index contributed by atoms with van der Waals surface area (Å²) < 4.78 is 12.4. The number of thiazole rings is 1. The molecule has 29 heavy (non-hydrogen) atoms. The summed E-state index contributed by atoms with van der Waals surface area (Å²) in [5.74, 6) is 7.85. The fourth-order valence-electron chi connectivity index (χ4n) is 2.96. The Morgan fingerprint density at radius 1 is 1.34 bits per heavy atom. The SMILES string of the molecule is COCc1nnc2n1C/C(=C(/C)C#Cc1cnc(OC)s1)Nc1ccc(Cl)cc1-2. The van der Waals surface area contributed by atoms with Crippen LogP contribution in [-0.2, 0) is 17.9 Å². The van der Waals surface area contributed by atoms with Crippen molar-refractivity contribution < 1.29 is 9.47 Å². The van der Waals surface area contributed by atoms with Crippen LogP contribution in [0.25, 0.3) is 11.4 Å². The smallest absolute Gasteiger partial charge is 0.274 e. The molecule has 2 aromatic heterocycles. The number of aromatic nitrogens is 4. The van der Waals surface area contributed by atoms with Crippen molar-refractivity contribution in [3.05, 3.63) is 51.4 Å². The van der Waals surface area contributed by atoms with Crippen LogP contribution in [0.3, 0.4) is 0 Å². The quantitative estimate of drug-likeness (QED) is 0.638. The van der Waals surface area contributed by atoms with Crippen molar-refractivity contribution in [3.63, 3.8) is 0 Å². The molecule has 0 bridgehead atoms. The van der Waals surface area contributed by atoms with Gasteiger partial charge in [0.1, 0.15) is 11.5 Å². The van der Waals surface area contributed by atoms with Crippen molar-refractivity contribution in [1.82, 2.24) is 19.7 Å². The highest BCUT2D eigenvalue weighted by Crippen LogP contribution is 2.34. The fraction of sp³-hybridized carbons (Fsp3) is 0.250.